The maximum Gasteiger partial charge on any atom is 0.390 e. The van der Waals surface area contributed by atoms with Crippen LogP contribution in [0.15, 0.2) is 10.7 Å². The topological polar surface area (TPSA) is 27.1 Å². The van der Waals surface area contributed by atoms with Gasteiger partial charge in [0.1, 0.15) is 0 Å². The first-order valence-electron chi connectivity index (χ1n) is 4.20. The van der Waals surface area contributed by atoms with Crippen molar-refractivity contribution in [1.29, 1.82) is 0 Å². The van der Waals surface area contributed by atoms with Gasteiger partial charge in [-0.1, -0.05) is 0 Å². The van der Waals surface area contributed by atoms with E-state index in [4.69, 9.17) is 4.74 Å². The molecule has 1 aromatic heterocycles. The summed E-state index contributed by atoms with van der Waals surface area (Å²) in [5, 5.41) is 3.83. The third-order valence-electron chi connectivity index (χ3n) is 1.79. The Hall–Kier alpha value is -0.560. The van der Waals surface area contributed by atoms with Crippen LogP contribution < -0.4 is 0 Å². The molecule has 0 atom stereocenters. The van der Waals surface area contributed by atoms with Gasteiger partial charge >= 0.3 is 6.18 Å². The van der Waals surface area contributed by atoms with Crippen molar-refractivity contribution in [3.05, 3.63) is 16.4 Å². The lowest BCUT2D eigenvalue weighted by Crippen LogP contribution is -2.15. The predicted octanol–water partition coefficient (Wildman–Crippen LogP) is 2.74. The molecule has 1 rings (SSSR count). The molecule has 0 aromatic carbocycles. The summed E-state index contributed by atoms with van der Waals surface area (Å²) >= 11 is 3.19. The molecule has 0 aliphatic carbocycles. The van der Waals surface area contributed by atoms with Crippen molar-refractivity contribution in [2.45, 2.75) is 25.7 Å². The molecule has 0 spiro atoms. The minimum Gasteiger partial charge on any atom is -0.378 e. The van der Waals surface area contributed by atoms with Gasteiger partial charge < -0.3 is 4.74 Å². The van der Waals surface area contributed by atoms with E-state index in [1.807, 2.05) is 0 Å². The van der Waals surface area contributed by atoms with Gasteiger partial charge in [0.05, 0.1) is 29.4 Å². The number of hydrogen-bond donors (Lipinski definition) is 0. The molecule has 0 amide bonds. The molecule has 0 bridgehead atoms. The van der Waals surface area contributed by atoms with Gasteiger partial charge in [-0.3, -0.25) is 4.68 Å². The fourth-order valence-corrected chi connectivity index (χ4v) is 1.50. The zero-order valence-electron chi connectivity index (χ0n) is 8.01. The third-order valence-corrected chi connectivity index (χ3v) is 2.45. The molecule has 0 saturated heterocycles. The van der Waals surface area contributed by atoms with Crippen molar-refractivity contribution < 1.29 is 17.9 Å². The molecule has 1 aromatic rings. The largest absolute Gasteiger partial charge is 0.390 e. The fourth-order valence-electron chi connectivity index (χ4n) is 1.09. The molecule has 3 nitrogen and oxygen atoms in total. The van der Waals surface area contributed by atoms with Gasteiger partial charge in [0.15, 0.2) is 0 Å². The molecule has 1 heterocycles. The van der Waals surface area contributed by atoms with Crippen LogP contribution in [0.25, 0.3) is 0 Å². The zero-order valence-corrected chi connectivity index (χ0v) is 9.60. The molecule has 0 fully saturated rings. The van der Waals surface area contributed by atoms with E-state index >= 15 is 0 Å². The van der Waals surface area contributed by atoms with Gasteiger partial charge in [-0.05, 0) is 15.9 Å². The number of rotatable bonds is 4. The highest BCUT2D eigenvalue weighted by atomic mass is 79.9. The first-order chi connectivity index (χ1) is 6.94. The lowest BCUT2D eigenvalue weighted by Gasteiger charge is -2.09. The van der Waals surface area contributed by atoms with Crippen LogP contribution in [0.2, 0.25) is 0 Å². The summed E-state index contributed by atoms with van der Waals surface area (Å²) < 4.78 is 42.8. The molecular formula is C8H10BrF3N2O. The van der Waals surface area contributed by atoms with E-state index in [1.165, 1.54) is 18.0 Å². The summed E-state index contributed by atoms with van der Waals surface area (Å²) in [4.78, 5) is 0. The monoisotopic (exact) mass is 286 g/mol. The van der Waals surface area contributed by atoms with E-state index < -0.39 is 12.6 Å². The minimum atomic E-state index is -4.16. The van der Waals surface area contributed by atoms with Crippen molar-refractivity contribution in [3.63, 3.8) is 0 Å². The summed E-state index contributed by atoms with van der Waals surface area (Å²) in [6.07, 6.45) is -3.59. The number of aromatic nitrogens is 2. The van der Waals surface area contributed by atoms with Crippen LogP contribution in [0.5, 0.6) is 0 Å². The third kappa shape index (κ3) is 3.83. The molecule has 0 N–H and O–H groups in total. The number of aryl methyl sites for hydroxylation is 1. The second-order valence-electron chi connectivity index (χ2n) is 2.96. The van der Waals surface area contributed by atoms with Crippen LogP contribution >= 0.6 is 15.9 Å². The highest BCUT2D eigenvalue weighted by Gasteiger charge is 2.27. The van der Waals surface area contributed by atoms with Crippen LogP contribution in [0.1, 0.15) is 12.1 Å². The quantitative estimate of drug-likeness (QED) is 0.851. The Bertz CT molecular complexity index is 324. The average molecular weight is 287 g/mol. The zero-order chi connectivity index (χ0) is 11.5. The molecule has 0 saturated carbocycles. The maximum absolute atomic E-state index is 12.0. The highest BCUT2D eigenvalue weighted by molar-refractivity contribution is 9.10. The molecule has 86 valence electrons. The molecule has 0 unspecified atom stereocenters. The van der Waals surface area contributed by atoms with Crippen molar-refractivity contribution >= 4 is 15.9 Å². The second kappa shape index (κ2) is 4.98. The Labute approximate surface area is 93.3 Å². The van der Waals surface area contributed by atoms with Crippen molar-refractivity contribution in [2.24, 2.45) is 0 Å². The van der Waals surface area contributed by atoms with E-state index in [1.54, 1.807) is 0 Å². The van der Waals surface area contributed by atoms with E-state index in [-0.39, 0.29) is 13.2 Å². The van der Waals surface area contributed by atoms with Gasteiger partial charge in [-0.25, -0.2) is 0 Å². The lowest BCUT2D eigenvalue weighted by atomic mass is 10.4. The number of ether oxygens (including phenoxy) is 1. The van der Waals surface area contributed by atoms with Crippen LogP contribution in [0.4, 0.5) is 13.2 Å². The summed E-state index contributed by atoms with van der Waals surface area (Å²) in [7, 11) is 1.48. The lowest BCUT2D eigenvalue weighted by molar-refractivity contribution is -0.137. The Morgan fingerprint density at radius 2 is 2.20 bits per heavy atom. The van der Waals surface area contributed by atoms with E-state index in [0.29, 0.717) is 10.2 Å². The normalized spacial score (nSPS) is 12.1. The van der Waals surface area contributed by atoms with Crippen molar-refractivity contribution in [1.82, 2.24) is 9.78 Å². The molecular weight excluding hydrogens is 277 g/mol. The Kier molecular flexibility index (Phi) is 4.15. The van der Waals surface area contributed by atoms with E-state index in [9.17, 15) is 13.2 Å². The van der Waals surface area contributed by atoms with E-state index in [2.05, 4.69) is 21.0 Å². The van der Waals surface area contributed by atoms with Gasteiger partial charge in [0.2, 0.25) is 0 Å². The number of halogens is 4. The number of nitrogens with zero attached hydrogens (tertiary/aromatic N) is 2. The predicted molar refractivity (Wildman–Crippen MR) is 51.3 cm³/mol. The van der Waals surface area contributed by atoms with E-state index in [0.717, 1.165) is 0 Å². The molecule has 15 heavy (non-hydrogen) atoms. The first-order valence-corrected chi connectivity index (χ1v) is 4.99. The van der Waals surface area contributed by atoms with Gasteiger partial charge in [-0.15, -0.1) is 0 Å². The Morgan fingerprint density at radius 3 is 2.73 bits per heavy atom. The number of hydrogen-bond acceptors (Lipinski definition) is 2. The van der Waals surface area contributed by atoms with Crippen molar-refractivity contribution in [2.75, 3.05) is 7.11 Å². The van der Waals surface area contributed by atoms with Crippen LogP contribution in [0.3, 0.4) is 0 Å². The Balaban J connectivity index is 2.68. The number of alkyl halides is 3. The molecule has 0 aliphatic rings. The van der Waals surface area contributed by atoms with Crippen LogP contribution in [0, 0.1) is 0 Å². The Morgan fingerprint density at radius 1 is 1.53 bits per heavy atom. The van der Waals surface area contributed by atoms with Gasteiger partial charge in [0.25, 0.3) is 0 Å². The smallest absolute Gasteiger partial charge is 0.378 e. The molecule has 7 heteroatoms. The summed E-state index contributed by atoms with van der Waals surface area (Å²) in [5.41, 5.74) is 0.613. The van der Waals surface area contributed by atoms with Crippen LogP contribution in [-0.4, -0.2) is 23.1 Å². The fraction of sp³-hybridized carbons (Fsp3) is 0.625. The van der Waals surface area contributed by atoms with Crippen LogP contribution in [-0.2, 0) is 17.9 Å². The highest BCUT2D eigenvalue weighted by Crippen LogP contribution is 2.22. The molecule has 0 aliphatic heterocycles. The summed E-state index contributed by atoms with van der Waals surface area (Å²) in [6, 6.07) is 0. The second-order valence-corrected chi connectivity index (χ2v) is 3.81. The summed E-state index contributed by atoms with van der Waals surface area (Å²) in [5.74, 6) is 0. The molecule has 0 radical (unpaired) electrons. The SMILES string of the molecule is COCc1c(Br)cnn1CCC(F)(F)F. The number of methoxy groups -OCH3 is 1. The maximum atomic E-state index is 12.0. The first kappa shape index (κ1) is 12.5. The summed E-state index contributed by atoms with van der Waals surface area (Å²) in [6.45, 7) is 0.0479. The van der Waals surface area contributed by atoms with Gasteiger partial charge in [-0.2, -0.15) is 18.3 Å². The van der Waals surface area contributed by atoms with Gasteiger partial charge in [0, 0.05) is 13.7 Å². The van der Waals surface area contributed by atoms with Crippen molar-refractivity contribution in [3.8, 4) is 0 Å². The minimum absolute atomic E-state index is 0.187. The average Bonchev–Trinajstić information content (AvgIpc) is 2.45. The standard InChI is InChI=1S/C8H10BrF3N2O/c1-15-5-7-6(9)4-13-14(7)3-2-8(10,11)12/h4H,2-3,5H2,1H3.